The molecular weight excluding hydrogens is 289 g/mol. The molecule has 0 fully saturated rings. The van der Waals surface area contributed by atoms with E-state index in [-0.39, 0.29) is 6.04 Å². The first-order valence-electron chi connectivity index (χ1n) is 5.41. The molecule has 5 heteroatoms. The molecular formula is C13H13Cl2NOS. The van der Waals surface area contributed by atoms with Gasteiger partial charge < -0.3 is 10.1 Å². The highest BCUT2D eigenvalue weighted by atomic mass is 35.5. The lowest BCUT2D eigenvalue weighted by Crippen LogP contribution is -2.16. The normalized spacial score (nSPS) is 12.4. The fourth-order valence-electron chi connectivity index (χ4n) is 1.81. The number of benzene rings is 1. The lowest BCUT2D eigenvalue weighted by atomic mass is 10.1. The lowest BCUT2D eigenvalue weighted by Gasteiger charge is -2.16. The van der Waals surface area contributed by atoms with Gasteiger partial charge in [-0.15, -0.1) is 11.3 Å². The van der Waals surface area contributed by atoms with Crippen LogP contribution in [-0.4, -0.2) is 14.2 Å². The van der Waals surface area contributed by atoms with Gasteiger partial charge >= 0.3 is 0 Å². The van der Waals surface area contributed by atoms with Crippen molar-refractivity contribution in [1.29, 1.82) is 0 Å². The highest BCUT2D eigenvalue weighted by molar-refractivity contribution is 7.16. The Morgan fingerprint density at radius 1 is 1.22 bits per heavy atom. The van der Waals surface area contributed by atoms with Gasteiger partial charge in [-0.1, -0.05) is 29.3 Å². The molecule has 1 N–H and O–H groups in total. The minimum absolute atomic E-state index is 0.0914. The molecule has 2 rings (SSSR count). The van der Waals surface area contributed by atoms with Crippen molar-refractivity contribution in [3.05, 3.63) is 50.1 Å². The maximum Gasteiger partial charge on any atom is 0.137 e. The smallest absolute Gasteiger partial charge is 0.137 e. The van der Waals surface area contributed by atoms with Crippen molar-refractivity contribution in [3.63, 3.8) is 0 Å². The van der Waals surface area contributed by atoms with E-state index in [0.717, 1.165) is 14.8 Å². The maximum absolute atomic E-state index is 6.03. The zero-order valence-electron chi connectivity index (χ0n) is 10.0. The number of ether oxygens (including phenoxy) is 1. The zero-order chi connectivity index (χ0) is 13.1. The average molecular weight is 302 g/mol. The van der Waals surface area contributed by atoms with Crippen LogP contribution >= 0.6 is 34.5 Å². The van der Waals surface area contributed by atoms with E-state index in [4.69, 9.17) is 27.9 Å². The second kappa shape index (κ2) is 5.93. The first kappa shape index (κ1) is 13.7. The summed E-state index contributed by atoms with van der Waals surface area (Å²) in [7, 11) is 3.53. The maximum atomic E-state index is 6.03. The van der Waals surface area contributed by atoms with Crippen LogP contribution in [0.2, 0.25) is 9.36 Å². The molecule has 1 aromatic heterocycles. The Balaban J connectivity index is 2.38. The number of hydrogen-bond acceptors (Lipinski definition) is 3. The van der Waals surface area contributed by atoms with E-state index in [1.807, 2.05) is 37.4 Å². The van der Waals surface area contributed by atoms with Gasteiger partial charge in [0.2, 0.25) is 0 Å². The molecule has 0 saturated heterocycles. The van der Waals surface area contributed by atoms with Crippen molar-refractivity contribution in [2.45, 2.75) is 6.04 Å². The third kappa shape index (κ3) is 2.81. The van der Waals surface area contributed by atoms with Gasteiger partial charge in [-0.2, -0.15) is 0 Å². The summed E-state index contributed by atoms with van der Waals surface area (Å²) in [5.74, 6) is 0.678. The van der Waals surface area contributed by atoms with Crippen molar-refractivity contribution in [3.8, 4) is 5.75 Å². The van der Waals surface area contributed by atoms with Gasteiger partial charge in [-0.25, -0.2) is 0 Å². The van der Waals surface area contributed by atoms with E-state index in [1.54, 1.807) is 18.4 Å². The number of rotatable bonds is 4. The van der Waals surface area contributed by atoms with Crippen LogP contribution in [0.15, 0.2) is 30.3 Å². The van der Waals surface area contributed by atoms with Crippen LogP contribution < -0.4 is 10.1 Å². The van der Waals surface area contributed by atoms with Crippen LogP contribution in [0.3, 0.4) is 0 Å². The molecule has 96 valence electrons. The molecule has 0 bridgehead atoms. The average Bonchev–Trinajstić information content (AvgIpc) is 2.79. The summed E-state index contributed by atoms with van der Waals surface area (Å²) in [5, 5.41) is 3.88. The highest BCUT2D eigenvalue weighted by Crippen LogP contribution is 2.34. The summed E-state index contributed by atoms with van der Waals surface area (Å²) in [6, 6.07) is 9.79. The molecule has 0 amide bonds. The van der Waals surface area contributed by atoms with Crippen molar-refractivity contribution in [1.82, 2.24) is 5.32 Å². The Labute approximate surface area is 120 Å². The lowest BCUT2D eigenvalue weighted by molar-refractivity contribution is 0.414. The second-order valence-corrected chi connectivity index (χ2v) is 5.91. The Morgan fingerprint density at radius 2 is 2.00 bits per heavy atom. The van der Waals surface area contributed by atoms with Gasteiger partial charge in [0.05, 0.1) is 22.5 Å². The molecule has 2 nitrogen and oxygen atoms in total. The standard InChI is InChI=1S/C13H13Cl2NOS/c1-16-13(11-5-6-12(15)18-11)8-3-4-9(14)10(7-8)17-2/h3-7,13,16H,1-2H3. The molecule has 0 aliphatic rings. The van der Waals surface area contributed by atoms with Gasteiger partial charge in [0, 0.05) is 4.88 Å². The zero-order valence-corrected chi connectivity index (χ0v) is 12.4. The summed E-state index contributed by atoms with van der Waals surface area (Å²) in [4.78, 5) is 1.16. The van der Waals surface area contributed by atoms with Crippen LogP contribution in [0, 0.1) is 0 Å². The largest absolute Gasteiger partial charge is 0.495 e. The predicted octanol–water partition coefficient (Wildman–Crippen LogP) is 4.37. The molecule has 1 atom stereocenters. The van der Waals surface area contributed by atoms with Crippen molar-refractivity contribution >= 4 is 34.5 Å². The Hall–Kier alpha value is -0.740. The molecule has 1 aromatic carbocycles. The molecule has 2 aromatic rings. The van der Waals surface area contributed by atoms with Crippen LogP contribution in [0.25, 0.3) is 0 Å². The molecule has 0 saturated carbocycles. The van der Waals surface area contributed by atoms with Gasteiger partial charge in [0.1, 0.15) is 5.75 Å². The van der Waals surface area contributed by atoms with E-state index in [2.05, 4.69) is 5.32 Å². The Morgan fingerprint density at radius 3 is 2.56 bits per heavy atom. The summed E-state index contributed by atoms with van der Waals surface area (Å²) in [5.41, 5.74) is 1.09. The van der Waals surface area contributed by atoms with E-state index >= 15 is 0 Å². The van der Waals surface area contributed by atoms with Gasteiger partial charge in [-0.05, 0) is 36.9 Å². The number of thiophene rings is 1. The highest BCUT2D eigenvalue weighted by Gasteiger charge is 2.15. The summed E-state index contributed by atoms with van der Waals surface area (Å²) in [6.45, 7) is 0. The minimum atomic E-state index is 0.0914. The molecule has 1 unspecified atom stereocenters. The first-order chi connectivity index (χ1) is 8.65. The number of methoxy groups -OCH3 is 1. The minimum Gasteiger partial charge on any atom is -0.495 e. The first-order valence-corrected chi connectivity index (χ1v) is 6.99. The van der Waals surface area contributed by atoms with Crippen LogP contribution in [0.4, 0.5) is 0 Å². The van der Waals surface area contributed by atoms with Gasteiger partial charge in [0.25, 0.3) is 0 Å². The fourth-order valence-corrected chi connectivity index (χ4v) is 3.21. The van der Waals surface area contributed by atoms with Gasteiger partial charge in [-0.3, -0.25) is 0 Å². The predicted molar refractivity (Wildman–Crippen MR) is 78.2 cm³/mol. The third-order valence-electron chi connectivity index (χ3n) is 2.68. The van der Waals surface area contributed by atoms with Crippen molar-refractivity contribution in [2.24, 2.45) is 0 Å². The summed E-state index contributed by atoms with van der Waals surface area (Å²) < 4.78 is 6.02. The van der Waals surface area contributed by atoms with E-state index in [0.29, 0.717) is 10.8 Å². The van der Waals surface area contributed by atoms with Crippen LogP contribution in [-0.2, 0) is 0 Å². The van der Waals surface area contributed by atoms with E-state index < -0.39 is 0 Å². The summed E-state index contributed by atoms with van der Waals surface area (Å²) >= 11 is 13.6. The number of hydrogen-bond donors (Lipinski definition) is 1. The van der Waals surface area contributed by atoms with Crippen LogP contribution in [0.1, 0.15) is 16.5 Å². The monoisotopic (exact) mass is 301 g/mol. The van der Waals surface area contributed by atoms with Gasteiger partial charge in [0.15, 0.2) is 0 Å². The number of halogens is 2. The molecule has 1 heterocycles. The topological polar surface area (TPSA) is 21.3 Å². The quantitative estimate of drug-likeness (QED) is 0.905. The van der Waals surface area contributed by atoms with E-state index in [9.17, 15) is 0 Å². The fraction of sp³-hybridized carbons (Fsp3) is 0.231. The summed E-state index contributed by atoms with van der Waals surface area (Å²) in [6.07, 6.45) is 0. The van der Waals surface area contributed by atoms with Crippen molar-refractivity contribution in [2.75, 3.05) is 14.2 Å². The molecule has 0 radical (unpaired) electrons. The Kier molecular flexibility index (Phi) is 4.51. The second-order valence-electron chi connectivity index (χ2n) is 3.76. The van der Waals surface area contributed by atoms with E-state index in [1.165, 1.54) is 0 Å². The Bertz CT molecular complexity index is 542. The van der Waals surface area contributed by atoms with Crippen LogP contribution in [0.5, 0.6) is 5.75 Å². The molecule has 0 aliphatic carbocycles. The van der Waals surface area contributed by atoms with Crippen molar-refractivity contribution < 1.29 is 4.74 Å². The molecule has 0 spiro atoms. The SMILES string of the molecule is CNC(c1ccc(Cl)c(OC)c1)c1ccc(Cl)s1. The molecule has 18 heavy (non-hydrogen) atoms. The third-order valence-corrected chi connectivity index (χ3v) is 4.28. The molecule has 0 aliphatic heterocycles. The number of nitrogens with one attached hydrogen (secondary N) is 1.